The van der Waals surface area contributed by atoms with Crippen LogP contribution < -0.4 is 10.2 Å². The largest absolute Gasteiger partial charge is 0.396 e. The molecule has 2 amide bonds. The molecule has 0 saturated carbocycles. The highest BCUT2D eigenvalue weighted by Gasteiger charge is 2.25. The average Bonchev–Trinajstić information content (AvgIpc) is 2.53. The number of anilines is 1. The molecular weight excluding hydrogens is 297 g/mol. The molecule has 5 nitrogen and oxygen atoms in total. The highest BCUT2D eigenvalue weighted by atomic mass is 19.1. The van der Waals surface area contributed by atoms with E-state index in [4.69, 9.17) is 5.11 Å². The SMILES string of the molecule is CN(C)c1ccc(CNC(=O)N2CCCCC2CCO)cc1F. The van der Waals surface area contributed by atoms with E-state index < -0.39 is 0 Å². The second-order valence-electron chi connectivity index (χ2n) is 6.19. The number of aliphatic hydroxyl groups excluding tert-OH is 1. The smallest absolute Gasteiger partial charge is 0.317 e. The molecule has 1 heterocycles. The van der Waals surface area contributed by atoms with Crippen molar-refractivity contribution in [2.45, 2.75) is 38.3 Å². The van der Waals surface area contributed by atoms with Gasteiger partial charge >= 0.3 is 6.03 Å². The second kappa shape index (κ2) is 8.15. The topological polar surface area (TPSA) is 55.8 Å². The van der Waals surface area contributed by atoms with Gasteiger partial charge < -0.3 is 20.2 Å². The number of hydrogen-bond acceptors (Lipinski definition) is 3. The molecule has 1 aromatic carbocycles. The second-order valence-corrected chi connectivity index (χ2v) is 6.19. The van der Waals surface area contributed by atoms with Gasteiger partial charge in [0.25, 0.3) is 0 Å². The van der Waals surface area contributed by atoms with Crippen LogP contribution >= 0.6 is 0 Å². The molecule has 0 aliphatic carbocycles. The van der Waals surface area contributed by atoms with Gasteiger partial charge in [0, 0.05) is 39.8 Å². The molecule has 0 bridgehead atoms. The predicted octanol–water partition coefficient (Wildman–Crippen LogP) is 2.34. The number of rotatable bonds is 5. The van der Waals surface area contributed by atoms with Crippen molar-refractivity contribution in [3.63, 3.8) is 0 Å². The van der Waals surface area contributed by atoms with Crippen LogP contribution in [0.25, 0.3) is 0 Å². The van der Waals surface area contributed by atoms with Crippen LogP contribution in [0.4, 0.5) is 14.9 Å². The molecule has 1 aromatic rings. The molecule has 1 unspecified atom stereocenters. The van der Waals surface area contributed by atoms with Gasteiger partial charge in [-0.2, -0.15) is 0 Å². The summed E-state index contributed by atoms with van der Waals surface area (Å²) in [6.07, 6.45) is 3.62. The average molecular weight is 323 g/mol. The maximum Gasteiger partial charge on any atom is 0.317 e. The molecule has 2 rings (SSSR count). The predicted molar refractivity (Wildman–Crippen MR) is 89.0 cm³/mol. The fourth-order valence-corrected chi connectivity index (χ4v) is 3.02. The molecule has 0 spiro atoms. The fourth-order valence-electron chi connectivity index (χ4n) is 3.02. The summed E-state index contributed by atoms with van der Waals surface area (Å²) in [7, 11) is 3.58. The molecule has 0 aromatic heterocycles. The maximum atomic E-state index is 13.9. The molecule has 1 fully saturated rings. The van der Waals surface area contributed by atoms with Crippen LogP contribution in [-0.4, -0.2) is 49.3 Å². The standard InChI is InChI=1S/C17H26FN3O2/c1-20(2)16-7-6-13(11-15(16)18)12-19-17(23)21-9-4-3-5-14(21)8-10-22/h6-7,11,14,22H,3-5,8-10,12H2,1-2H3,(H,19,23). The lowest BCUT2D eigenvalue weighted by Crippen LogP contribution is -2.48. The summed E-state index contributed by atoms with van der Waals surface area (Å²) in [6.45, 7) is 1.10. The van der Waals surface area contributed by atoms with E-state index in [-0.39, 0.29) is 24.5 Å². The zero-order valence-electron chi connectivity index (χ0n) is 13.9. The third-order valence-corrected chi connectivity index (χ3v) is 4.29. The molecule has 23 heavy (non-hydrogen) atoms. The molecule has 1 atom stereocenters. The molecule has 1 aliphatic heterocycles. The Morgan fingerprint density at radius 2 is 2.22 bits per heavy atom. The molecule has 1 aliphatic rings. The highest BCUT2D eigenvalue weighted by Crippen LogP contribution is 2.20. The van der Waals surface area contributed by atoms with Gasteiger partial charge in [0.15, 0.2) is 0 Å². The van der Waals surface area contributed by atoms with Gasteiger partial charge in [-0.15, -0.1) is 0 Å². The molecule has 0 radical (unpaired) electrons. The van der Waals surface area contributed by atoms with Crippen molar-refractivity contribution in [3.8, 4) is 0 Å². The van der Waals surface area contributed by atoms with E-state index in [2.05, 4.69) is 5.32 Å². The third kappa shape index (κ3) is 4.58. The Labute approximate surface area is 137 Å². The first kappa shape index (κ1) is 17.5. The van der Waals surface area contributed by atoms with Crippen molar-refractivity contribution in [2.75, 3.05) is 32.1 Å². The lowest BCUT2D eigenvalue weighted by Gasteiger charge is -2.35. The van der Waals surface area contributed by atoms with Crippen LogP contribution in [0.2, 0.25) is 0 Å². The number of carbonyl (C=O) groups is 1. The minimum absolute atomic E-state index is 0.0889. The summed E-state index contributed by atoms with van der Waals surface area (Å²) in [5.41, 5.74) is 1.26. The van der Waals surface area contributed by atoms with E-state index in [0.717, 1.165) is 24.8 Å². The summed E-state index contributed by atoms with van der Waals surface area (Å²) in [6, 6.07) is 4.95. The summed E-state index contributed by atoms with van der Waals surface area (Å²) < 4.78 is 13.9. The summed E-state index contributed by atoms with van der Waals surface area (Å²) >= 11 is 0. The van der Waals surface area contributed by atoms with Crippen molar-refractivity contribution in [1.29, 1.82) is 0 Å². The number of nitrogens with zero attached hydrogens (tertiary/aromatic N) is 2. The van der Waals surface area contributed by atoms with Crippen LogP contribution in [0.15, 0.2) is 18.2 Å². The third-order valence-electron chi connectivity index (χ3n) is 4.29. The Morgan fingerprint density at radius 3 is 2.87 bits per heavy atom. The van der Waals surface area contributed by atoms with Crippen molar-refractivity contribution in [1.82, 2.24) is 10.2 Å². The van der Waals surface area contributed by atoms with Crippen LogP contribution in [0, 0.1) is 5.82 Å². The van der Waals surface area contributed by atoms with Gasteiger partial charge in [0.2, 0.25) is 0 Å². The number of urea groups is 1. The van der Waals surface area contributed by atoms with Crippen LogP contribution in [0.3, 0.4) is 0 Å². The fraction of sp³-hybridized carbons (Fsp3) is 0.588. The number of carbonyl (C=O) groups excluding carboxylic acids is 1. The molecule has 2 N–H and O–H groups in total. The van der Waals surface area contributed by atoms with Gasteiger partial charge in [-0.25, -0.2) is 9.18 Å². The molecule has 6 heteroatoms. The number of benzene rings is 1. The van der Waals surface area contributed by atoms with Gasteiger partial charge in [-0.3, -0.25) is 0 Å². The Balaban J connectivity index is 1.94. The highest BCUT2D eigenvalue weighted by molar-refractivity contribution is 5.74. The Kier molecular flexibility index (Phi) is 6.21. The lowest BCUT2D eigenvalue weighted by molar-refractivity contribution is 0.131. The number of likely N-dealkylation sites (tertiary alicyclic amines) is 1. The first-order chi connectivity index (χ1) is 11.0. The Bertz CT molecular complexity index is 535. The van der Waals surface area contributed by atoms with Crippen molar-refractivity contribution in [3.05, 3.63) is 29.6 Å². The van der Waals surface area contributed by atoms with E-state index in [1.54, 1.807) is 30.0 Å². The first-order valence-electron chi connectivity index (χ1n) is 8.14. The number of piperidine rings is 1. The molecule has 128 valence electrons. The van der Waals surface area contributed by atoms with Gasteiger partial charge in [-0.1, -0.05) is 6.07 Å². The number of hydrogen-bond donors (Lipinski definition) is 2. The molecular formula is C17H26FN3O2. The van der Waals surface area contributed by atoms with E-state index in [1.165, 1.54) is 6.07 Å². The van der Waals surface area contributed by atoms with E-state index in [9.17, 15) is 9.18 Å². The minimum Gasteiger partial charge on any atom is -0.396 e. The zero-order valence-corrected chi connectivity index (χ0v) is 13.9. The summed E-state index contributed by atoms with van der Waals surface area (Å²) in [4.78, 5) is 15.9. The number of nitrogens with one attached hydrogen (secondary N) is 1. The molecule has 1 saturated heterocycles. The normalized spacial score (nSPS) is 17.9. The van der Waals surface area contributed by atoms with E-state index in [1.807, 2.05) is 6.07 Å². The van der Waals surface area contributed by atoms with Crippen LogP contribution in [0.5, 0.6) is 0 Å². The van der Waals surface area contributed by atoms with E-state index >= 15 is 0 Å². The van der Waals surface area contributed by atoms with Crippen molar-refractivity contribution < 1.29 is 14.3 Å². The van der Waals surface area contributed by atoms with Crippen molar-refractivity contribution >= 4 is 11.7 Å². The van der Waals surface area contributed by atoms with E-state index in [0.29, 0.717) is 25.2 Å². The Morgan fingerprint density at radius 1 is 1.43 bits per heavy atom. The summed E-state index contributed by atoms with van der Waals surface area (Å²) in [5.74, 6) is -0.294. The number of halogens is 1. The zero-order chi connectivity index (χ0) is 16.8. The quantitative estimate of drug-likeness (QED) is 0.874. The lowest BCUT2D eigenvalue weighted by atomic mass is 10.0. The summed E-state index contributed by atoms with van der Waals surface area (Å²) in [5, 5.41) is 12.0. The Hall–Kier alpha value is -1.82. The minimum atomic E-state index is -0.294. The van der Waals surface area contributed by atoms with Crippen LogP contribution in [0.1, 0.15) is 31.2 Å². The monoisotopic (exact) mass is 323 g/mol. The van der Waals surface area contributed by atoms with Gasteiger partial charge in [0.1, 0.15) is 5.82 Å². The van der Waals surface area contributed by atoms with Gasteiger partial charge in [-0.05, 0) is 43.4 Å². The first-order valence-corrected chi connectivity index (χ1v) is 8.14. The number of amides is 2. The van der Waals surface area contributed by atoms with Gasteiger partial charge in [0.05, 0.1) is 5.69 Å². The number of aliphatic hydroxyl groups is 1. The maximum absolute atomic E-state index is 13.9. The van der Waals surface area contributed by atoms with Crippen LogP contribution in [-0.2, 0) is 6.54 Å². The van der Waals surface area contributed by atoms with Crippen molar-refractivity contribution in [2.24, 2.45) is 0 Å².